The summed E-state index contributed by atoms with van der Waals surface area (Å²) in [5.74, 6) is -0.491. The van der Waals surface area contributed by atoms with Crippen molar-refractivity contribution in [2.45, 2.75) is 4.90 Å². The quantitative estimate of drug-likeness (QED) is 0.810. The smallest absolute Gasteiger partial charge is 0.320 e. The third-order valence-electron chi connectivity index (χ3n) is 3.05. The zero-order chi connectivity index (χ0) is 14.9. The molecule has 1 heterocycles. The summed E-state index contributed by atoms with van der Waals surface area (Å²) in [6.07, 6.45) is 0. The number of benzene rings is 1. The first-order valence-corrected chi connectivity index (χ1v) is 7.48. The van der Waals surface area contributed by atoms with Crippen molar-refractivity contribution in [3.05, 3.63) is 30.1 Å². The maximum atomic E-state index is 12.8. The van der Waals surface area contributed by atoms with Crippen LogP contribution in [0.25, 0.3) is 0 Å². The summed E-state index contributed by atoms with van der Waals surface area (Å²) >= 11 is 0. The van der Waals surface area contributed by atoms with Gasteiger partial charge in [0.25, 0.3) is 0 Å². The van der Waals surface area contributed by atoms with Gasteiger partial charge in [-0.05, 0) is 24.3 Å². The minimum Gasteiger partial charge on any atom is -0.331 e. The van der Waals surface area contributed by atoms with E-state index in [9.17, 15) is 17.6 Å². The van der Waals surface area contributed by atoms with Gasteiger partial charge in [0.2, 0.25) is 10.0 Å². The number of rotatable bonds is 2. The molecule has 1 aromatic carbocycles. The number of carbonyl (C=O) groups is 1. The Bertz CT molecular complexity index is 601. The molecule has 0 N–H and O–H groups in total. The molecule has 110 valence electrons. The fourth-order valence-corrected chi connectivity index (χ4v) is 3.35. The van der Waals surface area contributed by atoms with E-state index in [0.29, 0.717) is 6.54 Å². The molecule has 0 saturated carbocycles. The van der Waals surface area contributed by atoms with Crippen LogP contribution >= 0.6 is 0 Å². The van der Waals surface area contributed by atoms with Gasteiger partial charge in [-0.1, -0.05) is 0 Å². The predicted molar refractivity (Wildman–Crippen MR) is 70.9 cm³/mol. The highest BCUT2D eigenvalue weighted by Crippen LogP contribution is 2.20. The molecule has 1 aromatic rings. The van der Waals surface area contributed by atoms with Gasteiger partial charge in [-0.3, -0.25) is 0 Å². The summed E-state index contributed by atoms with van der Waals surface area (Å²) in [7, 11) is -0.472. The number of carbonyl (C=O) groups excluding carboxylic acids is 1. The van der Waals surface area contributed by atoms with Crippen LogP contribution in [0.2, 0.25) is 0 Å². The fourth-order valence-electron chi connectivity index (χ4n) is 1.95. The zero-order valence-corrected chi connectivity index (χ0v) is 12.1. The summed E-state index contributed by atoms with van der Waals surface area (Å²) in [5, 5.41) is 0. The van der Waals surface area contributed by atoms with Crippen molar-refractivity contribution >= 4 is 16.1 Å². The van der Waals surface area contributed by atoms with Crippen LogP contribution in [0, 0.1) is 5.82 Å². The molecule has 2 amide bonds. The summed E-state index contributed by atoms with van der Waals surface area (Å²) in [6.45, 7) is 0.591. The van der Waals surface area contributed by atoms with Crippen molar-refractivity contribution in [3.8, 4) is 0 Å². The van der Waals surface area contributed by atoms with E-state index < -0.39 is 15.8 Å². The number of hydrogen-bond donors (Lipinski definition) is 0. The van der Waals surface area contributed by atoms with Crippen molar-refractivity contribution in [2.75, 3.05) is 33.9 Å². The van der Waals surface area contributed by atoms with Crippen molar-refractivity contribution in [1.29, 1.82) is 0 Å². The van der Waals surface area contributed by atoms with E-state index in [0.717, 1.165) is 12.1 Å². The standard InChI is InChI=1S/C12H16FN3O3S/c1-14(2)12(17)15-7-8-16(9-15)20(18,19)11-5-3-10(13)4-6-11/h3-6H,7-9H2,1-2H3. The SMILES string of the molecule is CN(C)C(=O)N1CCN(S(=O)(=O)c2ccc(F)cc2)C1. The van der Waals surface area contributed by atoms with E-state index >= 15 is 0 Å². The van der Waals surface area contributed by atoms with Crippen LogP contribution in [0.5, 0.6) is 0 Å². The first-order valence-electron chi connectivity index (χ1n) is 6.04. The van der Waals surface area contributed by atoms with Gasteiger partial charge >= 0.3 is 6.03 Å². The van der Waals surface area contributed by atoms with Gasteiger partial charge in [-0.15, -0.1) is 0 Å². The molecule has 0 unspecified atom stereocenters. The average molecular weight is 301 g/mol. The predicted octanol–water partition coefficient (Wildman–Crippen LogP) is 0.771. The molecular formula is C12H16FN3O3S. The molecule has 1 saturated heterocycles. The Labute approximate surface area is 117 Å². The first kappa shape index (κ1) is 14.7. The second-order valence-electron chi connectivity index (χ2n) is 4.72. The fraction of sp³-hybridized carbons (Fsp3) is 0.417. The Morgan fingerprint density at radius 3 is 2.35 bits per heavy atom. The highest BCUT2D eigenvalue weighted by Gasteiger charge is 2.33. The number of nitrogens with zero attached hydrogens (tertiary/aromatic N) is 3. The largest absolute Gasteiger partial charge is 0.331 e. The van der Waals surface area contributed by atoms with Crippen molar-refractivity contribution in [1.82, 2.24) is 14.1 Å². The van der Waals surface area contributed by atoms with E-state index in [2.05, 4.69) is 0 Å². The third-order valence-corrected chi connectivity index (χ3v) is 4.90. The van der Waals surface area contributed by atoms with E-state index in [1.165, 1.54) is 26.2 Å². The molecule has 6 nitrogen and oxygen atoms in total. The molecule has 2 rings (SSSR count). The van der Waals surface area contributed by atoms with Gasteiger partial charge in [0.05, 0.1) is 11.6 Å². The van der Waals surface area contributed by atoms with Crippen LogP contribution in [0.15, 0.2) is 29.2 Å². The molecule has 0 spiro atoms. The highest BCUT2D eigenvalue weighted by atomic mass is 32.2. The second-order valence-corrected chi connectivity index (χ2v) is 6.65. The number of urea groups is 1. The van der Waals surface area contributed by atoms with E-state index in [-0.39, 0.29) is 24.1 Å². The number of sulfonamides is 1. The van der Waals surface area contributed by atoms with Crippen molar-refractivity contribution < 1.29 is 17.6 Å². The Kier molecular flexibility index (Phi) is 3.96. The van der Waals surface area contributed by atoms with E-state index in [1.807, 2.05) is 0 Å². The molecule has 20 heavy (non-hydrogen) atoms. The maximum absolute atomic E-state index is 12.8. The molecule has 8 heteroatoms. The van der Waals surface area contributed by atoms with Gasteiger partial charge < -0.3 is 9.80 Å². The van der Waals surface area contributed by atoms with Crippen LogP contribution < -0.4 is 0 Å². The molecule has 1 aliphatic heterocycles. The van der Waals surface area contributed by atoms with Crippen molar-refractivity contribution in [3.63, 3.8) is 0 Å². The van der Waals surface area contributed by atoms with Crippen LogP contribution in [-0.2, 0) is 10.0 Å². The summed E-state index contributed by atoms with van der Waals surface area (Å²) < 4.78 is 38.7. The molecule has 0 radical (unpaired) electrons. The molecule has 0 atom stereocenters. The lowest BCUT2D eigenvalue weighted by Crippen LogP contribution is -2.39. The van der Waals surface area contributed by atoms with Gasteiger partial charge in [-0.2, -0.15) is 4.31 Å². The Hall–Kier alpha value is -1.67. The lowest BCUT2D eigenvalue weighted by molar-refractivity contribution is 0.178. The topological polar surface area (TPSA) is 60.9 Å². The molecule has 0 bridgehead atoms. The summed E-state index contributed by atoms with van der Waals surface area (Å²) in [4.78, 5) is 14.6. The normalized spacial score (nSPS) is 16.4. The van der Waals surface area contributed by atoms with Crippen LogP contribution in [0.1, 0.15) is 0 Å². The monoisotopic (exact) mass is 301 g/mol. The summed E-state index contributed by atoms with van der Waals surface area (Å²) in [5.41, 5.74) is 0. The third kappa shape index (κ3) is 2.75. The Morgan fingerprint density at radius 2 is 1.80 bits per heavy atom. The van der Waals surface area contributed by atoms with Crippen LogP contribution in [0.3, 0.4) is 0 Å². The number of halogens is 1. The minimum absolute atomic E-state index is 0.0106. The number of hydrogen-bond acceptors (Lipinski definition) is 3. The Morgan fingerprint density at radius 1 is 1.20 bits per heavy atom. The molecule has 0 aliphatic carbocycles. The van der Waals surface area contributed by atoms with Gasteiger partial charge in [0, 0.05) is 27.2 Å². The van der Waals surface area contributed by atoms with Crippen LogP contribution in [-0.4, -0.2) is 62.4 Å². The zero-order valence-electron chi connectivity index (χ0n) is 11.3. The first-order chi connectivity index (χ1) is 9.32. The Balaban J connectivity index is 2.16. The average Bonchev–Trinajstić information content (AvgIpc) is 2.88. The lowest BCUT2D eigenvalue weighted by atomic mass is 10.4. The highest BCUT2D eigenvalue weighted by molar-refractivity contribution is 7.89. The van der Waals surface area contributed by atoms with Crippen LogP contribution in [0.4, 0.5) is 9.18 Å². The maximum Gasteiger partial charge on any atom is 0.320 e. The second kappa shape index (κ2) is 5.37. The lowest BCUT2D eigenvalue weighted by Gasteiger charge is -2.21. The van der Waals surface area contributed by atoms with E-state index in [4.69, 9.17) is 0 Å². The van der Waals surface area contributed by atoms with Gasteiger partial charge in [0.15, 0.2) is 0 Å². The molecule has 1 fully saturated rings. The molecule has 0 aromatic heterocycles. The molecule has 1 aliphatic rings. The van der Waals surface area contributed by atoms with Gasteiger partial charge in [0.1, 0.15) is 5.82 Å². The molecular weight excluding hydrogens is 285 g/mol. The summed E-state index contributed by atoms with van der Waals surface area (Å²) in [6, 6.07) is 4.42. The minimum atomic E-state index is -3.69. The van der Waals surface area contributed by atoms with Crippen molar-refractivity contribution in [2.24, 2.45) is 0 Å². The van der Waals surface area contributed by atoms with Gasteiger partial charge in [-0.25, -0.2) is 17.6 Å². The van der Waals surface area contributed by atoms with E-state index in [1.54, 1.807) is 14.1 Å². The number of amides is 2.